The Bertz CT molecular complexity index is 1680. The van der Waals surface area contributed by atoms with E-state index in [1.165, 1.54) is 5.69 Å². The van der Waals surface area contributed by atoms with E-state index in [0.717, 1.165) is 35.5 Å². The summed E-state index contributed by atoms with van der Waals surface area (Å²) in [5.74, 6) is 2.62. The van der Waals surface area contributed by atoms with Crippen LogP contribution in [0.5, 0.6) is 5.75 Å². The zero-order chi connectivity index (χ0) is 27.6. The molecule has 3 heterocycles. The summed E-state index contributed by atoms with van der Waals surface area (Å²) in [6.45, 7) is 4.15. The van der Waals surface area contributed by atoms with Gasteiger partial charge in [-0.3, -0.25) is 9.36 Å². The number of hydrogen-bond donors (Lipinski definition) is 2. The van der Waals surface area contributed by atoms with E-state index < -0.39 is 0 Å². The Kier molecular flexibility index (Phi) is 6.77. The number of methoxy groups -OCH3 is 1. The fourth-order valence-electron chi connectivity index (χ4n) is 4.78. The summed E-state index contributed by atoms with van der Waals surface area (Å²) in [5, 5.41) is 6.73. The number of ether oxygens (including phenoxy) is 1. The second kappa shape index (κ2) is 10.7. The third-order valence-corrected chi connectivity index (χ3v) is 7.03. The van der Waals surface area contributed by atoms with Crippen molar-refractivity contribution in [2.45, 2.75) is 39.2 Å². The highest BCUT2D eigenvalue weighted by molar-refractivity contribution is 5.99. The molecule has 1 aliphatic rings. The average molecular weight is 534 g/mol. The number of anilines is 3. The van der Waals surface area contributed by atoms with Crippen LogP contribution in [-0.4, -0.2) is 43.0 Å². The lowest BCUT2D eigenvalue weighted by molar-refractivity contribution is 0.0992. The second-order valence-corrected chi connectivity index (χ2v) is 10.1. The van der Waals surface area contributed by atoms with Crippen LogP contribution in [-0.2, 0) is 6.42 Å². The highest BCUT2D eigenvalue weighted by atomic mass is 16.5. The highest BCUT2D eigenvalue weighted by Crippen LogP contribution is 2.28. The van der Waals surface area contributed by atoms with Crippen molar-refractivity contribution < 1.29 is 9.53 Å². The van der Waals surface area contributed by atoms with Gasteiger partial charge in [-0.15, -0.1) is 0 Å². The number of carbonyl (C=O) groups is 1. The van der Waals surface area contributed by atoms with Crippen LogP contribution in [0.15, 0.2) is 79.5 Å². The Morgan fingerprint density at radius 2 is 1.88 bits per heavy atom. The predicted octanol–water partition coefficient (Wildman–Crippen LogP) is 5.82. The van der Waals surface area contributed by atoms with Gasteiger partial charge in [-0.25, -0.2) is 15.0 Å². The average Bonchev–Trinajstić information content (AvgIpc) is 3.47. The number of nitrogens with zero attached hydrogens (tertiary/aromatic N) is 5. The molecule has 9 heteroatoms. The number of hydrogen-bond acceptors (Lipinski definition) is 7. The first-order valence-electron chi connectivity index (χ1n) is 13.3. The van der Waals surface area contributed by atoms with Crippen LogP contribution in [0.4, 0.5) is 17.5 Å². The summed E-state index contributed by atoms with van der Waals surface area (Å²) in [6, 6.07) is 18.1. The molecule has 1 aliphatic carbocycles. The summed E-state index contributed by atoms with van der Waals surface area (Å²) in [6.07, 6.45) is 9.72. The van der Waals surface area contributed by atoms with Crippen molar-refractivity contribution in [3.05, 3.63) is 102 Å². The smallest absolute Gasteiger partial charge is 0.213 e. The van der Waals surface area contributed by atoms with Crippen LogP contribution in [0.3, 0.4) is 0 Å². The molecule has 0 amide bonds. The van der Waals surface area contributed by atoms with Crippen molar-refractivity contribution in [3.8, 4) is 17.3 Å². The predicted molar refractivity (Wildman–Crippen MR) is 155 cm³/mol. The van der Waals surface area contributed by atoms with Gasteiger partial charge in [0.25, 0.3) is 0 Å². The molecule has 5 aromatic rings. The Labute approximate surface area is 232 Å². The molecule has 3 aromatic heterocycles. The molecule has 9 nitrogen and oxygen atoms in total. The summed E-state index contributed by atoms with van der Waals surface area (Å²) in [5.41, 5.74) is 5.60. The van der Waals surface area contributed by atoms with Crippen LogP contribution in [0.25, 0.3) is 11.5 Å². The van der Waals surface area contributed by atoms with Crippen molar-refractivity contribution in [2.24, 2.45) is 0 Å². The maximum atomic E-state index is 13.4. The van der Waals surface area contributed by atoms with Gasteiger partial charge in [0.15, 0.2) is 5.78 Å². The monoisotopic (exact) mass is 533 g/mol. The molecular weight excluding hydrogens is 502 g/mol. The largest absolute Gasteiger partial charge is 0.497 e. The number of imidazole rings is 1. The summed E-state index contributed by atoms with van der Waals surface area (Å²) >= 11 is 0. The van der Waals surface area contributed by atoms with E-state index in [-0.39, 0.29) is 12.2 Å². The number of ketones is 1. The minimum absolute atomic E-state index is 0.00109. The first-order chi connectivity index (χ1) is 19.5. The third kappa shape index (κ3) is 5.44. The van der Waals surface area contributed by atoms with Gasteiger partial charge in [0.05, 0.1) is 7.11 Å². The molecule has 202 valence electrons. The fourth-order valence-corrected chi connectivity index (χ4v) is 4.78. The van der Waals surface area contributed by atoms with E-state index in [1.54, 1.807) is 25.7 Å². The van der Waals surface area contributed by atoms with Crippen molar-refractivity contribution in [3.63, 3.8) is 0 Å². The molecule has 1 saturated carbocycles. The van der Waals surface area contributed by atoms with Gasteiger partial charge in [0.1, 0.15) is 23.7 Å². The summed E-state index contributed by atoms with van der Waals surface area (Å²) in [7, 11) is 1.59. The zero-order valence-corrected chi connectivity index (χ0v) is 22.8. The highest BCUT2D eigenvalue weighted by Gasteiger charge is 2.21. The van der Waals surface area contributed by atoms with E-state index in [1.807, 2.05) is 47.3 Å². The zero-order valence-electron chi connectivity index (χ0n) is 22.8. The standard InChI is InChI=1S/C31H31N7O2/c1-20-13-22(6-9-27(20)37-11-4-5-21(37)2)14-28(39)23-15-25(17-26(16-23)40-3)36-31-32-10-12-38(31)30-18-29(33-19-34-30)35-24-7-8-24/h4-6,9-13,15-19,24H,7-8,14H2,1-3H3,(H,32,36)(H,33,34,35). The number of aryl methyl sites for hydroxylation is 2. The molecule has 1 fully saturated rings. The fraction of sp³-hybridized carbons (Fsp3) is 0.226. The maximum Gasteiger partial charge on any atom is 0.213 e. The quantitative estimate of drug-likeness (QED) is 0.218. The Hall–Kier alpha value is -4.92. The minimum Gasteiger partial charge on any atom is -0.497 e. The number of Topliss-reactive ketones (excluding diaryl/α,β-unsaturated/α-hetero) is 1. The first-order valence-corrected chi connectivity index (χ1v) is 13.3. The number of rotatable bonds is 10. The lowest BCUT2D eigenvalue weighted by atomic mass is 10.00. The number of nitrogens with one attached hydrogen (secondary N) is 2. The molecule has 2 aromatic carbocycles. The van der Waals surface area contributed by atoms with E-state index in [2.05, 4.69) is 62.2 Å². The van der Waals surface area contributed by atoms with E-state index in [4.69, 9.17) is 4.74 Å². The van der Waals surface area contributed by atoms with Gasteiger partial charge in [-0.2, -0.15) is 0 Å². The molecule has 0 bridgehead atoms. The Balaban J connectivity index is 1.22. The molecule has 0 saturated heterocycles. The van der Waals surface area contributed by atoms with Gasteiger partial charge in [-0.05, 0) is 68.1 Å². The van der Waals surface area contributed by atoms with Crippen LogP contribution in [0.1, 0.15) is 40.0 Å². The molecule has 0 spiro atoms. The molecule has 0 unspecified atom stereocenters. The van der Waals surface area contributed by atoms with Crippen LogP contribution in [0.2, 0.25) is 0 Å². The van der Waals surface area contributed by atoms with Gasteiger partial charge < -0.3 is 19.9 Å². The van der Waals surface area contributed by atoms with Gasteiger partial charge >= 0.3 is 0 Å². The summed E-state index contributed by atoms with van der Waals surface area (Å²) < 4.78 is 9.52. The van der Waals surface area contributed by atoms with Crippen LogP contribution in [0, 0.1) is 13.8 Å². The number of benzene rings is 2. The lowest BCUT2D eigenvalue weighted by Crippen LogP contribution is -2.08. The molecule has 40 heavy (non-hydrogen) atoms. The third-order valence-electron chi connectivity index (χ3n) is 7.03. The lowest BCUT2D eigenvalue weighted by Gasteiger charge is -2.13. The van der Waals surface area contributed by atoms with Crippen molar-refractivity contribution in [1.29, 1.82) is 0 Å². The molecule has 2 N–H and O–H groups in total. The number of aromatic nitrogens is 5. The second-order valence-electron chi connectivity index (χ2n) is 10.1. The SMILES string of the molecule is COc1cc(Nc2nccn2-c2cc(NC3CC3)ncn2)cc(C(=O)Cc2ccc(-n3cccc3C)c(C)c2)c1. The Morgan fingerprint density at radius 3 is 2.62 bits per heavy atom. The van der Waals surface area contributed by atoms with Crippen molar-refractivity contribution in [1.82, 2.24) is 24.1 Å². The summed E-state index contributed by atoms with van der Waals surface area (Å²) in [4.78, 5) is 26.6. The maximum absolute atomic E-state index is 13.4. The van der Waals surface area contributed by atoms with Crippen LogP contribution >= 0.6 is 0 Å². The topological polar surface area (TPSA) is 98.9 Å². The van der Waals surface area contributed by atoms with Crippen molar-refractivity contribution in [2.75, 3.05) is 17.7 Å². The normalized spacial score (nSPS) is 12.8. The van der Waals surface area contributed by atoms with Gasteiger partial charge in [0.2, 0.25) is 5.95 Å². The van der Waals surface area contributed by atoms with Gasteiger partial charge in [0, 0.05) is 65.8 Å². The number of carbonyl (C=O) groups excluding carboxylic acids is 1. The van der Waals surface area contributed by atoms with E-state index >= 15 is 0 Å². The van der Waals surface area contributed by atoms with E-state index in [9.17, 15) is 4.79 Å². The Morgan fingerprint density at radius 1 is 1.00 bits per heavy atom. The molecule has 0 aliphatic heterocycles. The molecular formula is C31H31N7O2. The molecule has 0 atom stereocenters. The van der Waals surface area contributed by atoms with Crippen LogP contribution < -0.4 is 15.4 Å². The van der Waals surface area contributed by atoms with E-state index in [0.29, 0.717) is 34.8 Å². The minimum atomic E-state index is 0.00109. The van der Waals surface area contributed by atoms with Crippen molar-refractivity contribution >= 4 is 23.2 Å². The first kappa shape index (κ1) is 25.4. The van der Waals surface area contributed by atoms with Gasteiger partial charge in [-0.1, -0.05) is 12.1 Å². The molecule has 0 radical (unpaired) electrons. The molecule has 6 rings (SSSR count).